The van der Waals surface area contributed by atoms with E-state index in [0.717, 1.165) is 18.7 Å². The van der Waals surface area contributed by atoms with E-state index in [1.165, 1.54) is 12.3 Å². The van der Waals surface area contributed by atoms with Crippen molar-refractivity contribution in [1.82, 2.24) is 9.88 Å². The van der Waals surface area contributed by atoms with Crippen LogP contribution < -0.4 is 10.6 Å². The van der Waals surface area contributed by atoms with Crippen LogP contribution >= 0.6 is 0 Å². The van der Waals surface area contributed by atoms with Crippen LogP contribution in [0.15, 0.2) is 18.3 Å². The van der Waals surface area contributed by atoms with Crippen LogP contribution in [0.1, 0.15) is 26.7 Å². The van der Waals surface area contributed by atoms with Crippen molar-refractivity contribution in [3.63, 3.8) is 0 Å². The van der Waals surface area contributed by atoms with Crippen LogP contribution in [0.3, 0.4) is 0 Å². The lowest BCUT2D eigenvalue weighted by Crippen LogP contribution is -2.52. The van der Waals surface area contributed by atoms with Gasteiger partial charge >= 0.3 is 0 Å². The van der Waals surface area contributed by atoms with Crippen molar-refractivity contribution in [2.45, 2.75) is 38.8 Å². The molecule has 0 bridgehead atoms. The number of hydrogen-bond donors (Lipinski definition) is 1. The second-order valence-electron chi connectivity index (χ2n) is 6.27. The van der Waals surface area contributed by atoms with E-state index in [2.05, 4.69) is 9.88 Å². The number of nitrogens with zero attached hydrogens (tertiary/aromatic N) is 3. The standard InChI is InChI=1S/C16H25FN4O/c1-11(2)15(18)16(22)21-8-6-13(7-9-21)20(3)14-5-4-12(17)10-19-14/h4-5,10-11,13,15H,6-9,18H2,1-3H3/t15-/m0/s1. The van der Waals surface area contributed by atoms with Crippen LogP contribution in [-0.4, -0.2) is 48.0 Å². The Kier molecular flexibility index (Phi) is 5.34. The van der Waals surface area contributed by atoms with Gasteiger partial charge in [-0.05, 0) is 30.9 Å². The van der Waals surface area contributed by atoms with E-state index in [1.807, 2.05) is 25.8 Å². The Morgan fingerprint density at radius 2 is 2.05 bits per heavy atom. The number of carbonyl (C=O) groups excluding carboxylic acids is 1. The van der Waals surface area contributed by atoms with Crippen molar-refractivity contribution >= 4 is 11.7 Å². The maximum atomic E-state index is 12.9. The lowest BCUT2D eigenvalue weighted by molar-refractivity contribution is -0.134. The van der Waals surface area contributed by atoms with Gasteiger partial charge in [0, 0.05) is 26.2 Å². The highest BCUT2D eigenvalue weighted by molar-refractivity contribution is 5.82. The fourth-order valence-corrected chi connectivity index (χ4v) is 2.73. The van der Waals surface area contributed by atoms with Crippen LogP contribution in [0, 0.1) is 11.7 Å². The minimum Gasteiger partial charge on any atom is -0.357 e. The minimum atomic E-state index is -0.423. The summed E-state index contributed by atoms with van der Waals surface area (Å²) in [4.78, 5) is 20.3. The summed E-state index contributed by atoms with van der Waals surface area (Å²) < 4.78 is 12.9. The molecule has 0 radical (unpaired) electrons. The SMILES string of the molecule is CC(C)[C@H](N)C(=O)N1CCC(N(C)c2ccc(F)cn2)CC1. The largest absolute Gasteiger partial charge is 0.357 e. The van der Waals surface area contributed by atoms with Gasteiger partial charge in [-0.3, -0.25) is 4.79 Å². The number of carbonyl (C=O) groups is 1. The quantitative estimate of drug-likeness (QED) is 0.918. The van der Waals surface area contributed by atoms with Gasteiger partial charge in [0.05, 0.1) is 12.2 Å². The predicted molar refractivity (Wildman–Crippen MR) is 85.0 cm³/mol. The van der Waals surface area contributed by atoms with E-state index in [-0.39, 0.29) is 17.6 Å². The Bertz CT molecular complexity index is 497. The third-order valence-electron chi connectivity index (χ3n) is 4.40. The molecule has 1 atom stereocenters. The number of likely N-dealkylation sites (tertiary alicyclic amines) is 1. The third-order valence-corrected chi connectivity index (χ3v) is 4.40. The third kappa shape index (κ3) is 3.74. The van der Waals surface area contributed by atoms with Crippen molar-refractivity contribution < 1.29 is 9.18 Å². The van der Waals surface area contributed by atoms with Gasteiger partial charge in [-0.15, -0.1) is 0 Å². The van der Waals surface area contributed by atoms with Gasteiger partial charge in [-0.25, -0.2) is 9.37 Å². The van der Waals surface area contributed by atoms with E-state index < -0.39 is 6.04 Å². The van der Waals surface area contributed by atoms with Crippen molar-refractivity contribution in [3.8, 4) is 0 Å². The van der Waals surface area contributed by atoms with Crippen LogP contribution in [0.5, 0.6) is 0 Å². The van der Waals surface area contributed by atoms with E-state index in [9.17, 15) is 9.18 Å². The minimum absolute atomic E-state index is 0.0380. The molecule has 1 saturated heterocycles. The molecular formula is C16H25FN4O. The Morgan fingerprint density at radius 3 is 2.55 bits per heavy atom. The van der Waals surface area contributed by atoms with Gasteiger partial charge in [-0.1, -0.05) is 13.8 Å². The summed E-state index contributed by atoms with van der Waals surface area (Å²) in [5.41, 5.74) is 5.94. The normalized spacial score (nSPS) is 17.6. The van der Waals surface area contributed by atoms with E-state index in [0.29, 0.717) is 19.1 Å². The summed E-state index contributed by atoms with van der Waals surface area (Å²) in [6.07, 6.45) is 2.96. The Balaban J connectivity index is 1.91. The molecule has 6 heteroatoms. The molecule has 1 aliphatic rings. The zero-order chi connectivity index (χ0) is 16.3. The maximum absolute atomic E-state index is 12.9. The number of aromatic nitrogens is 1. The highest BCUT2D eigenvalue weighted by Crippen LogP contribution is 2.21. The van der Waals surface area contributed by atoms with Gasteiger partial charge in [0.15, 0.2) is 0 Å². The topological polar surface area (TPSA) is 62.5 Å². The molecule has 5 nitrogen and oxygen atoms in total. The fourth-order valence-electron chi connectivity index (χ4n) is 2.73. The first-order valence-corrected chi connectivity index (χ1v) is 7.79. The van der Waals surface area contributed by atoms with Gasteiger partial charge in [-0.2, -0.15) is 0 Å². The van der Waals surface area contributed by atoms with Crippen molar-refractivity contribution in [2.24, 2.45) is 11.7 Å². The van der Waals surface area contributed by atoms with Crippen molar-refractivity contribution in [3.05, 3.63) is 24.1 Å². The lowest BCUT2D eigenvalue weighted by atomic mass is 9.99. The second kappa shape index (κ2) is 7.05. The Morgan fingerprint density at radius 1 is 1.41 bits per heavy atom. The average molecular weight is 308 g/mol. The molecule has 122 valence electrons. The van der Waals surface area contributed by atoms with Gasteiger partial charge < -0.3 is 15.5 Å². The molecule has 2 N–H and O–H groups in total. The highest BCUT2D eigenvalue weighted by Gasteiger charge is 2.29. The van der Waals surface area contributed by atoms with Crippen molar-refractivity contribution in [1.29, 1.82) is 0 Å². The number of amides is 1. The monoisotopic (exact) mass is 308 g/mol. The smallest absolute Gasteiger partial charge is 0.239 e. The fraction of sp³-hybridized carbons (Fsp3) is 0.625. The summed E-state index contributed by atoms with van der Waals surface area (Å²) >= 11 is 0. The maximum Gasteiger partial charge on any atom is 0.239 e. The summed E-state index contributed by atoms with van der Waals surface area (Å²) in [6, 6.07) is 2.98. The molecular weight excluding hydrogens is 283 g/mol. The number of piperidine rings is 1. The zero-order valence-corrected chi connectivity index (χ0v) is 13.5. The number of pyridine rings is 1. The zero-order valence-electron chi connectivity index (χ0n) is 13.5. The predicted octanol–water partition coefficient (Wildman–Crippen LogP) is 1.63. The number of nitrogens with two attached hydrogens (primary N) is 1. The molecule has 1 fully saturated rings. The average Bonchev–Trinajstić information content (AvgIpc) is 2.53. The molecule has 1 amide bonds. The lowest BCUT2D eigenvalue weighted by Gasteiger charge is -2.38. The van der Waals surface area contributed by atoms with Crippen LogP contribution in [-0.2, 0) is 4.79 Å². The first-order chi connectivity index (χ1) is 10.4. The van der Waals surface area contributed by atoms with E-state index in [4.69, 9.17) is 5.73 Å². The molecule has 0 unspecified atom stereocenters. The summed E-state index contributed by atoms with van der Waals surface area (Å²) in [6.45, 7) is 5.33. The van der Waals surface area contributed by atoms with Gasteiger partial charge in [0.25, 0.3) is 0 Å². The highest BCUT2D eigenvalue weighted by atomic mass is 19.1. The van der Waals surface area contributed by atoms with Gasteiger partial charge in [0.2, 0.25) is 5.91 Å². The number of anilines is 1. The van der Waals surface area contributed by atoms with Crippen LogP contribution in [0.2, 0.25) is 0 Å². The number of rotatable bonds is 4. The Labute approximate surface area is 131 Å². The van der Waals surface area contributed by atoms with Crippen LogP contribution in [0.25, 0.3) is 0 Å². The number of halogens is 1. The molecule has 1 aromatic heterocycles. The number of hydrogen-bond acceptors (Lipinski definition) is 4. The van der Waals surface area contributed by atoms with E-state index in [1.54, 1.807) is 6.07 Å². The van der Waals surface area contributed by atoms with Crippen LogP contribution in [0.4, 0.5) is 10.2 Å². The first kappa shape index (κ1) is 16.7. The summed E-state index contributed by atoms with van der Waals surface area (Å²) in [5.74, 6) is 0.609. The molecule has 0 aromatic carbocycles. The first-order valence-electron chi connectivity index (χ1n) is 7.79. The molecule has 1 aromatic rings. The molecule has 22 heavy (non-hydrogen) atoms. The molecule has 0 saturated carbocycles. The second-order valence-corrected chi connectivity index (χ2v) is 6.27. The molecule has 0 aliphatic carbocycles. The molecule has 2 heterocycles. The van der Waals surface area contributed by atoms with Crippen molar-refractivity contribution in [2.75, 3.05) is 25.0 Å². The molecule has 0 spiro atoms. The Hall–Kier alpha value is -1.69. The molecule has 1 aliphatic heterocycles. The summed E-state index contributed by atoms with van der Waals surface area (Å²) in [5, 5.41) is 0. The molecule has 2 rings (SSSR count). The summed E-state index contributed by atoms with van der Waals surface area (Å²) in [7, 11) is 1.96. The van der Waals surface area contributed by atoms with Gasteiger partial charge in [0.1, 0.15) is 11.6 Å². The van der Waals surface area contributed by atoms with E-state index >= 15 is 0 Å².